The van der Waals surface area contributed by atoms with Gasteiger partial charge in [-0.25, -0.2) is 9.78 Å². The van der Waals surface area contributed by atoms with Crippen molar-refractivity contribution in [2.45, 2.75) is 19.4 Å². The molecule has 19 heavy (non-hydrogen) atoms. The molecule has 0 fully saturated rings. The third kappa shape index (κ3) is 2.77. The maximum Gasteiger partial charge on any atom is 0.328 e. The Hall–Kier alpha value is -1.07. The molecular weight excluding hydrogens is 332 g/mol. The van der Waals surface area contributed by atoms with Gasteiger partial charge in [0.25, 0.3) is 0 Å². The summed E-state index contributed by atoms with van der Waals surface area (Å²) >= 11 is 9.24. The van der Waals surface area contributed by atoms with Crippen LogP contribution in [0.2, 0.25) is 0 Å². The van der Waals surface area contributed by atoms with Crippen LogP contribution in [0.15, 0.2) is 22.7 Å². The monoisotopic (exact) mass is 344 g/mol. The molecule has 0 spiro atoms. The van der Waals surface area contributed by atoms with E-state index >= 15 is 0 Å². The molecule has 0 aliphatic heterocycles. The average Bonchev–Trinajstić information content (AvgIpc) is 2.74. The maximum atomic E-state index is 11.8. The Morgan fingerprint density at radius 2 is 2.32 bits per heavy atom. The van der Waals surface area contributed by atoms with Crippen LogP contribution in [-0.4, -0.2) is 28.5 Å². The zero-order valence-electron chi connectivity index (χ0n) is 10.7. The fourth-order valence-electron chi connectivity index (χ4n) is 2.09. The molecule has 2 aromatic rings. The number of hydrogen-bond acceptors (Lipinski definition) is 3. The molecule has 4 nitrogen and oxygen atoms in total. The van der Waals surface area contributed by atoms with E-state index in [1.807, 2.05) is 22.8 Å². The highest BCUT2D eigenvalue weighted by Crippen LogP contribution is 2.25. The predicted octanol–water partition coefficient (Wildman–Crippen LogP) is 3.31. The standard InChI is InChI=1S/C13H14BrClN2O2/c1-8(13(18)19-2)17-11-7-9(14)3-4-10(11)16-12(17)5-6-15/h3-4,7-8H,5-6H2,1-2H3. The summed E-state index contributed by atoms with van der Waals surface area (Å²) in [6, 6.07) is 5.35. The molecular formula is C13H14BrClN2O2. The first kappa shape index (κ1) is 14.3. The number of aryl methyl sites for hydroxylation is 1. The van der Waals surface area contributed by atoms with Crippen molar-refractivity contribution in [1.29, 1.82) is 0 Å². The van der Waals surface area contributed by atoms with E-state index in [1.54, 1.807) is 6.92 Å². The number of ether oxygens (including phenoxy) is 1. The van der Waals surface area contributed by atoms with Gasteiger partial charge in [-0.05, 0) is 25.1 Å². The number of carbonyl (C=O) groups is 1. The quantitative estimate of drug-likeness (QED) is 0.631. The molecule has 0 radical (unpaired) electrons. The number of imidazole rings is 1. The number of fused-ring (bicyclic) bond motifs is 1. The first-order valence-electron chi connectivity index (χ1n) is 5.88. The van der Waals surface area contributed by atoms with Gasteiger partial charge in [0.2, 0.25) is 0 Å². The van der Waals surface area contributed by atoms with Crippen LogP contribution >= 0.6 is 27.5 Å². The van der Waals surface area contributed by atoms with Gasteiger partial charge in [0.05, 0.1) is 18.1 Å². The van der Waals surface area contributed by atoms with Crippen LogP contribution in [0.1, 0.15) is 18.8 Å². The van der Waals surface area contributed by atoms with Crippen LogP contribution in [0, 0.1) is 0 Å². The predicted molar refractivity (Wildman–Crippen MR) is 78.6 cm³/mol. The minimum absolute atomic E-state index is 0.296. The minimum Gasteiger partial charge on any atom is -0.467 e. The number of esters is 1. The van der Waals surface area contributed by atoms with Crippen molar-refractivity contribution < 1.29 is 9.53 Å². The molecule has 0 amide bonds. The lowest BCUT2D eigenvalue weighted by molar-refractivity contribution is -0.143. The number of methoxy groups -OCH3 is 1. The number of rotatable bonds is 4. The fourth-order valence-corrected chi connectivity index (χ4v) is 2.60. The van der Waals surface area contributed by atoms with Crippen LogP contribution in [0.5, 0.6) is 0 Å². The number of halogens is 2. The van der Waals surface area contributed by atoms with Gasteiger partial charge in [-0.3, -0.25) is 0 Å². The third-order valence-electron chi connectivity index (χ3n) is 2.97. The van der Waals surface area contributed by atoms with E-state index in [1.165, 1.54) is 7.11 Å². The van der Waals surface area contributed by atoms with Crippen molar-refractivity contribution in [2.24, 2.45) is 0 Å². The molecule has 1 atom stereocenters. The van der Waals surface area contributed by atoms with Crippen molar-refractivity contribution in [3.05, 3.63) is 28.5 Å². The topological polar surface area (TPSA) is 44.1 Å². The summed E-state index contributed by atoms with van der Waals surface area (Å²) in [4.78, 5) is 16.3. The summed E-state index contributed by atoms with van der Waals surface area (Å²) in [5, 5.41) is 0. The third-order valence-corrected chi connectivity index (χ3v) is 3.65. The van der Waals surface area contributed by atoms with Crippen LogP contribution in [0.3, 0.4) is 0 Å². The Labute approximate surface area is 124 Å². The van der Waals surface area contributed by atoms with Gasteiger partial charge in [-0.15, -0.1) is 11.6 Å². The Morgan fingerprint density at radius 3 is 2.95 bits per heavy atom. The lowest BCUT2D eigenvalue weighted by Gasteiger charge is -2.15. The Kier molecular flexibility index (Phi) is 4.47. The normalized spacial score (nSPS) is 12.6. The molecule has 1 unspecified atom stereocenters. The van der Waals surface area contributed by atoms with E-state index in [0.29, 0.717) is 12.3 Å². The highest BCUT2D eigenvalue weighted by atomic mass is 79.9. The SMILES string of the molecule is COC(=O)C(C)n1c(CCCl)nc2ccc(Br)cc21. The zero-order valence-corrected chi connectivity index (χ0v) is 13.0. The van der Waals surface area contributed by atoms with Gasteiger partial charge in [-0.2, -0.15) is 0 Å². The molecule has 0 saturated carbocycles. The summed E-state index contributed by atoms with van der Waals surface area (Å²) < 4.78 is 7.64. The Bertz CT molecular complexity index is 612. The average molecular weight is 346 g/mol. The molecule has 2 rings (SSSR count). The molecule has 0 saturated heterocycles. The van der Waals surface area contributed by atoms with Gasteiger partial charge in [-0.1, -0.05) is 15.9 Å². The summed E-state index contributed by atoms with van der Waals surface area (Å²) in [5.41, 5.74) is 1.74. The van der Waals surface area contributed by atoms with Crippen LogP contribution in [0.25, 0.3) is 11.0 Å². The lowest BCUT2D eigenvalue weighted by Crippen LogP contribution is -2.20. The smallest absolute Gasteiger partial charge is 0.328 e. The molecule has 0 bridgehead atoms. The summed E-state index contributed by atoms with van der Waals surface area (Å²) in [7, 11) is 1.38. The zero-order chi connectivity index (χ0) is 14.0. The van der Waals surface area contributed by atoms with E-state index in [2.05, 4.69) is 20.9 Å². The number of nitrogens with zero attached hydrogens (tertiary/aromatic N) is 2. The first-order valence-corrected chi connectivity index (χ1v) is 7.21. The molecule has 0 aliphatic carbocycles. The molecule has 0 aliphatic rings. The second-order valence-corrected chi connectivity index (χ2v) is 5.46. The lowest BCUT2D eigenvalue weighted by atomic mass is 10.2. The van der Waals surface area contributed by atoms with Crippen LogP contribution < -0.4 is 0 Å². The molecule has 6 heteroatoms. The fraction of sp³-hybridized carbons (Fsp3) is 0.385. The van der Waals surface area contributed by atoms with E-state index in [4.69, 9.17) is 16.3 Å². The van der Waals surface area contributed by atoms with E-state index in [-0.39, 0.29) is 5.97 Å². The minimum atomic E-state index is -0.428. The van der Waals surface area contributed by atoms with Crippen molar-refractivity contribution >= 4 is 44.5 Å². The number of alkyl halides is 1. The largest absolute Gasteiger partial charge is 0.467 e. The maximum absolute atomic E-state index is 11.8. The van der Waals surface area contributed by atoms with Gasteiger partial charge >= 0.3 is 5.97 Å². The highest BCUT2D eigenvalue weighted by molar-refractivity contribution is 9.10. The van der Waals surface area contributed by atoms with Crippen molar-refractivity contribution in [1.82, 2.24) is 9.55 Å². The molecule has 102 valence electrons. The van der Waals surface area contributed by atoms with E-state index in [0.717, 1.165) is 21.3 Å². The Morgan fingerprint density at radius 1 is 1.58 bits per heavy atom. The van der Waals surface area contributed by atoms with Crippen molar-refractivity contribution in [3.8, 4) is 0 Å². The van der Waals surface area contributed by atoms with E-state index < -0.39 is 6.04 Å². The summed E-state index contributed by atoms with van der Waals surface area (Å²) in [6.07, 6.45) is 0.606. The van der Waals surface area contributed by atoms with Gasteiger partial charge in [0.1, 0.15) is 11.9 Å². The van der Waals surface area contributed by atoms with Crippen molar-refractivity contribution in [2.75, 3.05) is 13.0 Å². The second kappa shape index (κ2) is 5.92. The first-order chi connectivity index (χ1) is 9.08. The molecule has 1 aromatic heterocycles. The van der Waals surface area contributed by atoms with Gasteiger partial charge in [0, 0.05) is 16.8 Å². The van der Waals surface area contributed by atoms with Crippen LogP contribution in [0.4, 0.5) is 0 Å². The van der Waals surface area contributed by atoms with Gasteiger partial charge < -0.3 is 9.30 Å². The number of carbonyl (C=O) groups excluding carboxylic acids is 1. The Balaban J connectivity index is 2.62. The summed E-state index contributed by atoms with van der Waals surface area (Å²) in [5.74, 6) is 0.953. The van der Waals surface area contributed by atoms with Crippen LogP contribution in [-0.2, 0) is 16.0 Å². The summed E-state index contributed by atoms with van der Waals surface area (Å²) in [6.45, 7) is 1.80. The second-order valence-electron chi connectivity index (χ2n) is 4.17. The molecule has 0 N–H and O–H groups in total. The number of benzene rings is 1. The number of hydrogen-bond donors (Lipinski definition) is 0. The van der Waals surface area contributed by atoms with E-state index in [9.17, 15) is 4.79 Å². The molecule has 1 aromatic carbocycles. The van der Waals surface area contributed by atoms with Gasteiger partial charge in [0.15, 0.2) is 0 Å². The molecule has 1 heterocycles. The number of aromatic nitrogens is 2. The highest BCUT2D eigenvalue weighted by Gasteiger charge is 2.21. The van der Waals surface area contributed by atoms with Crippen molar-refractivity contribution in [3.63, 3.8) is 0 Å².